The highest BCUT2D eigenvalue weighted by atomic mass is 16.5. The monoisotopic (exact) mass is 414 g/mol. The van der Waals surface area contributed by atoms with Crippen LogP contribution >= 0.6 is 0 Å². The first-order valence-corrected chi connectivity index (χ1v) is 9.94. The molecule has 1 fully saturated rings. The predicted octanol–water partition coefficient (Wildman–Crippen LogP) is 3.62. The number of hydrogen-bond donors (Lipinski definition) is 2. The fraction of sp³-hybridized carbons (Fsp3) is 0.125. The van der Waals surface area contributed by atoms with Crippen molar-refractivity contribution in [3.05, 3.63) is 96.1 Å². The number of amides is 3. The third-order valence-corrected chi connectivity index (χ3v) is 4.79. The van der Waals surface area contributed by atoms with Crippen LogP contribution in [-0.2, 0) is 9.53 Å². The smallest absolute Gasteiger partial charge is 0.339 e. The van der Waals surface area contributed by atoms with E-state index in [9.17, 15) is 9.59 Å². The predicted molar refractivity (Wildman–Crippen MR) is 120 cm³/mol. The second kappa shape index (κ2) is 9.69. The van der Waals surface area contributed by atoms with E-state index in [2.05, 4.69) is 15.8 Å². The van der Waals surface area contributed by atoms with Crippen LogP contribution in [0.25, 0.3) is 0 Å². The van der Waals surface area contributed by atoms with Gasteiger partial charge in [-0.25, -0.2) is 10.2 Å². The maximum absolute atomic E-state index is 12.4. The van der Waals surface area contributed by atoms with Gasteiger partial charge in [-0.05, 0) is 24.3 Å². The third kappa shape index (κ3) is 5.15. The second-order valence-corrected chi connectivity index (χ2v) is 6.90. The van der Waals surface area contributed by atoms with Crippen LogP contribution in [0.1, 0.15) is 11.1 Å². The average Bonchev–Trinajstić information content (AvgIpc) is 2.82. The van der Waals surface area contributed by atoms with Crippen molar-refractivity contribution in [3.8, 4) is 0 Å². The van der Waals surface area contributed by atoms with Crippen LogP contribution < -0.4 is 15.6 Å². The molecule has 0 aromatic heterocycles. The summed E-state index contributed by atoms with van der Waals surface area (Å²) in [5.74, 6) is -0.0756. The number of hydrogen-bond acceptors (Lipinski definition) is 4. The minimum absolute atomic E-state index is 0.0756. The van der Waals surface area contributed by atoms with Crippen LogP contribution in [-0.4, -0.2) is 37.4 Å². The Morgan fingerprint density at radius 1 is 0.871 bits per heavy atom. The number of urea groups is 1. The minimum Gasteiger partial charge on any atom is -0.370 e. The highest BCUT2D eigenvalue weighted by Gasteiger charge is 2.20. The Hall–Kier alpha value is -3.97. The van der Waals surface area contributed by atoms with Gasteiger partial charge in [-0.15, -0.1) is 0 Å². The molecule has 7 nitrogen and oxygen atoms in total. The normalized spacial score (nSPS) is 13.4. The number of anilines is 2. The summed E-state index contributed by atoms with van der Waals surface area (Å²) < 4.78 is 5.15. The van der Waals surface area contributed by atoms with Gasteiger partial charge in [-0.3, -0.25) is 4.79 Å². The van der Waals surface area contributed by atoms with Gasteiger partial charge in [-0.1, -0.05) is 60.7 Å². The van der Waals surface area contributed by atoms with Crippen molar-refractivity contribution in [2.24, 2.45) is 5.10 Å². The Morgan fingerprint density at radius 2 is 1.48 bits per heavy atom. The molecule has 3 amide bonds. The van der Waals surface area contributed by atoms with Gasteiger partial charge >= 0.3 is 6.03 Å². The lowest BCUT2D eigenvalue weighted by Crippen LogP contribution is -2.41. The zero-order valence-corrected chi connectivity index (χ0v) is 16.8. The number of carbonyl (C=O) groups excluding carboxylic acids is 2. The first-order valence-electron chi connectivity index (χ1n) is 9.94. The van der Waals surface area contributed by atoms with Crippen LogP contribution in [0.2, 0.25) is 0 Å². The molecule has 31 heavy (non-hydrogen) atoms. The van der Waals surface area contributed by atoms with E-state index in [1.165, 1.54) is 0 Å². The Bertz CT molecular complexity index is 1030. The molecule has 1 saturated heterocycles. The number of carbonyl (C=O) groups is 2. The van der Waals surface area contributed by atoms with E-state index in [1.807, 2.05) is 60.7 Å². The lowest BCUT2D eigenvalue weighted by molar-refractivity contribution is -0.125. The van der Waals surface area contributed by atoms with Crippen LogP contribution in [0.15, 0.2) is 90.0 Å². The summed E-state index contributed by atoms with van der Waals surface area (Å²) in [6, 6.07) is 25.9. The van der Waals surface area contributed by atoms with Crippen molar-refractivity contribution in [2.75, 3.05) is 30.0 Å². The third-order valence-electron chi connectivity index (χ3n) is 4.79. The molecule has 1 heterocycles. The van der Waals surface area contributed by atoms with E-state index < -0.39 is 6.03 Å². The Morgan fingerprint density at radius 3 is 2.06 bits per heavy atom. The Kier molecular flexibility index (Phi) is 6.35. The van der Waals surface area contributed by atoms with Crippen LogP contribution in [0, 0.1) is 0 Å². The van der Waals surface area contributed by atoms with Crippen molar-refractivity contribution in [3.63, 3.8) is 0 Å². The summed E-state index contributed by atoms with van der Waals surface area (Å²) in [6.45, 7) is 1.12. The van der Waals surface area contributed by atoms with Crippen molar-refractivity contribution in [1.29, 1.82) is 0 Å². The van der Waals surface area contributed by atoms with Gasteiger partial charge in [0.05, 0.1) is 12.3 Å². The van der Waals surface area contributed by atoms with Gasteiger partial charge in [0.25, 0.3) is 5.91 Å². The van der Waals surface area contributed by atoms with E-state index in [0.29, 0.717) is 24.6 Å². The van der Waals surface area contributed by atoms with Crippen LogP contribution in [0.4, 0.5) is 16.2 Å². The first kappa shape index (κ1) is 20.3. The summed E-state index contributed by atoms with van der Waals surface area (Å²) in [7, 11) is 0. The number of ether oxygens (including phenoxy) is 1. The molecule has 1 aliphatic rings. The number of nitrogens with one attached hydrogen (secondary N) is 2. The molecule has 1 aliphatic heterocycles. The molecule has 0 unspecified atom stereocenters. The number of rotatable bonds is 5. The van der Waals surface area contributed by atoms with Crippen molar-refractivity contribution >= 4 is 29.0 Å². The number of nitrogens with zero attached hydrogens (tertiary/aromatic N) is 2. The van der Waals surface area contributed by atoms with Gasteiger partial charge in [0.2, 0.25) is 0 Å². The SMILES string of the molecule is O=C(NN=C(c1ccccc1)c1ccccc1)Nc1ccc(N2CCOCC2=O)cc1. The summed E-state index contributed by atoms with van der Waals surface area (Å²) in [6.07, 6.45) is 0. The molecule has 0 saturated carbocycles. The molecule has 3 aromatic carbocycles. The molecular formula is C24H22N4O3. The summed E-state index contributed by atoms with van der Waals surface area (Å²) in [4.78, 5) is 26.0. The zero-order chi connectivity index (χ0) is 21.5. The standard InChI is InChI=1S/C24H22N4O3/c29-22-17-31-16-15-28(22)21-13-11-20(12-14-21)25-24(30)27-26-23(18-7-3-1-4-8-18)19-9-5-2-6-10-19/h1-14H,15-17H2,(H2,25,27,30). The topological polar surface area (TPSA) is 83.0 Å². The number of morpholine rings is 1. The summed E-state index contributed by atoms with van der Waals surface area (Å²) in [5.41, 5.74) is 6.39. The molecule has 0 aliphatic carbocycles. The largest absolute Gasteiger partial charge is 0.370 e. The Balaban J connectivity index is 1.44. The molecule has 2 N–H and O–H groups in total. The quantitative estimate of drug-likeness (QED) is 0.494. The molecule has 0 radical (unpaired) electrons. The van der Waals surface area contributed by atoms with E-state index in [-0.39, 0.29) is 12.5 Å². The number of benzene rings is 3. The molecule has 0 atom stereocenters. The highest BCUT2D eigenvalue weighted by molar-refractivity contribution is 6.13. The molecular weight excluding hydrogens is 392 g/mol. The fourth-order valence-electron chi connectivity index (χ4n) is 3.27. The maximum atomic E-state index is 12.4. The lowest BCUT2D eigenvalue weighted by atomic mass is 10.0. The summed E-state index contributed by atoms with van der Waals surface area (Å²) in [5, 5.41) is 7.11. The van der Waals surface area contributed by atoms with Gasteiger partial charge < -0.3 is 15.0 Å². The van der Waals surface area contributed by atoms with E-state index in [4.69, 9.17) is 4.74 Å². The van der Waals surface area contributed by atoms with E-state index >= 15 is 0 Å². The van der Waals surface area contributed by atoms with Crippen molar-refractivity contribution < 1.29 is 14.3 Å². The molecule has 156 valence electrons. The zero-order valence-electron chi connectivity index (χ0n) is 16.8. The number of hydrazone groups is 1. The van der Waals surface area contributed by atoms with Crippen molar-refractivity contribution in [2.45, 2.75) is 0 Å². The molecule has 7 heteroatoms. The fourth-order valence-corrected chi connectivity index (χ4v) is 3.27. The van der Waals surface area contributed by atoms with Gasteiger partial charge in [-0.2, -0.15) is 5.10 Å². The molecule has 4 rings (SSSR count). The van der Waals surface area contributed by atoms with Crippen LogP contribution in [0.3, 0.4) is 0 Å². The molecule has 0 spiro atoms. The highest BCUT2D eigenvalue weighted by Crippen LogP contribution is 2.19. The Labute approximate surface area is 180 Å². The lowest BCUT2D eigenvalue weighted by Gasteiger charge is -2.26. The molecule has 0 bridgehead atoms. The average molecular weight is 414 g/mol. The van der Waals surface area contributed by atoms with Crippen molar-refractivity contribution in [1.82, 2.24) is 5.43 Å². The van der Waals surface area contributed by atoms with Gasteiger partial charge in [0.15, 0.2) is 0 Å². The van der Waals surface area contributed by atoms with Gasteiger partial charge in [0.1, 0.15) is 6.61 Å². The van der Waals surface area contributed by atoms with Crippen LogP contribution in [0.5, 0.6) is 0 Å². The summed E-state index contributed by atoms with van der Waals surface area (Å²) >= 11 is 0. The van der Waals surface area contributed by atoms with E-state index in [1.54, 1.807) is 29.2 Å². The molecule has 3 aromatic rings. The first-order chi connectivity index (χ1) is 15.2. The second-order valence-electron chi connectivity index (χ2n) is 6.90. The maximum Gasteiger partial charge on any atom is 0.339 e. The minimum atomic E-state index is -0.459. The van der Waals surface area contributed by atoms with Gasteiger partial charge in [0, 0.05) is 29.0 Å². The van der Waals surface area contributed by atoms with E-state index in [0.717, 1.165) is 16.8 Å².